The maximum absolute atomic E-state index is 12.3. The number of rotatable bonds is 7. The van der Waals surface area contributed by atoms with E-state index in [2.05, 4.69) is 20.8 Å². The number of benzene rings is 2. The molecule has 1 heterocycles. The molecule has 0 unspecified atom stereocenters. The Kier molecular flexibility index (Phi) is 5.84. The number of amides is 1. The van der Waals surface area contributed by atoms with Gasteiger partial charge in [-0.1, -0.05) is 6.07 Å². The second-order valence-corrected chi connectivity index (χ2v) is 5.57. The minimum absolute atomic E-state index is 0.222. The standard InChI is InChI=1S/C20H20N4O3/c1-3-27-16-9-7-14(8-10-16)22-20(25)18-11-12-19(24-23-18)21-15-5-4-6-17(13-15)26-2/h4-13H,3H2,1-2H3,(H,21,24)(H,22,25). The van der Waals surface area contributed by atoms with Crippen molar-refractivity contribution in [1.82, 2.24) is 10.2 Å². The minimum atomic E-state index is -0.334. The quantitative estimate of drug-likeness (QED) is 0.662. The van der Waals surface area contributed by atoms with Crippen LogP contribution in [0.2, 0.25) is 0 Å². The van der Waals surface area contributed by atoms with Gasteiger partial charge in [0, 0.05) is 17.4 Å². The first-order valence-corrected chi connectivity index (χ1v) is 8.47. The molecule has 7 heteroatoms. The number of nitrogens with zero attached hydrogens (tertiary/aromatic N) is 2. The van der Waals surface area contributed by atoms with Crippen molar-refractivity contribution < 1.29 is 14.3 Å². The highest BCUT2D eigenvalue weighted by molar-refractivity contribution is 6.02. The Morgan fingerprint density at radius 1 is 0.963 bits per heavy atom. The van der Waals surface area contributed by atoms with Crippen molar-refractivity contribution in [2.24, 2.45) is 0 Å². The highest BCUT2D eigenvalue weighted by Gasteiger charge is 2.09. The first-order valence-electron chi connectivity index (χ1n) is 8.47. The van der Waals surface area contributed by atoms with E-state index in [1.165, 1.54) is 0 Å². The Morgan fingerprint density at radius 3 is 2.44 bits per heavy atom. The van der Waals surface area contributed by atoms with Crippen LogP contribution in [0.5, 0.6) is 11.5 Å². The number of hydrogen-bond acceptors (Lipinski definition) is 6. The van der Waals surface area contributed by atoms with E-state index in [4.69, 9.17) is 9.47 Å². The van der Waals surface area contributed by atoms with Crippen molar-refractivity contribution in [3.05, 3.63) is 66.4 Å². The van der Waals surface area contributed by atoms with Gasteiger partial charge in [0.15, 0.2) is 11.5 Å². The van der Waals surface area contributed by atoms with Crippen molar-refractivity contribution in [1.29, 1.82) is 0 Å². The summed E-state index contributed by atoms with van der Waals surface area (Å²) < 4.78 is 10.6. The van der Waals surface area contributed by atoms with Gasteiger partial charge in [0.1, 0.15) is 11.5 Å². The number of carbonyl (C=O) groups is 1. The van der Waals surface area contributed by atoms with E-state index in [-0.39, 0.29) is 11.6 Å². The van der Waals surface area contributed by atoms with Crippen LogP contribution in [0.15, 0.2) is 60.7 Å². The van der Waals surface area contributed by atoms with E-state index in [0.717, 1.165) is 17.2 Å². The lowest BCUT2D eigenvalue weighted by molar-refractivity contribution is 0.102. The smallest absolute Gasteiger partial charge is 0.276 e. The summed E-state index contributed by atoms with van der Waals surface area (Å²) in [6.07, 6.45) is 0. The molecule has 0 aliphatic heterocycles. The summed E-state index contributed by atoms with van der Waals surface area (Å²) in [7, 11) is 1.61. The molecule has 0 spiro atoms. The first-order chi connectivity index (χ1) is 13.2. The van der Waals surface area contributed by atoms with Crippen LogP contribution >= 0.6 is 0 Å². The number of aromatic nitrogens is 2. The fraction of sp³-hybridized carbons (Fsp3) is 0.150. The lowest BCUT2D eigenvalue weighted by atomic mass is 10.2. The third-order valence-corrected chi connectivity index (χ3v) is 3.66. The second-order valence-electron chi connectivity index (χ2n) is 5.57. The maximum atomic E-state index is 12.3. The van der Waals surface area contributed by atoms with Gasteiger partial charge in [0.05, 0.1) is 13.7 Å². The van der Waals surface area contributed by atoms with Gasteiger partial charge in [-0.3, -0.25) is 4.79 Å². The van der Waals surface area contributed by atoms with Crippen LogP contribution in [0.25, 0.3) is 0 Å². The lowest BCUT2D eigenvalue weighted by Crippen LogP contribution is -2.14. The molecule has 0 fully saturated rings. The van der Waals surface area contributed by atoms with E-state index in [1.807, 2.05) is 31.2 Å². The average Bonchev–Trinajstić information content (AvgIpc) is 2.70. The minimum Gasteiger partial charge on any atom is -0.497 e. The Balaban J connectivity index is 1.62. The zero-order chi connectivity index (χ0) is 19.1. The average molecular weight is 364 g/mol. The molecule has 2 N–H and O–H groups in total. The first kappa shape index (κ1) is 18.2. The maximum Gasteiger partial charge on any atom is 0.276 e. The van der Waals surface area contributed by atoms with Crippen molar-refractivity contribution in [3.63, 3.8) is 0 Å². The van der Waals surface area contributed by atoms with Crippen LogP contribution in [0.3, 0.4) is 0 Å². The normalized spacial score (nSPS) is 10.1. The molecule has 0 saturated heterocycles. The predicted octanol–water partition coefficient (Wildman–Crippen LogP) is 3.88. The molecule has 0 saturated carbocycles. The predicted molar refractivity (Wildman–Crippen MR) is 104 cm³/mol. The summed E-state index contributed by atoms with van der Waals surface area (Å²) in [6.45, 7) is 2.51. The number of hydrogen-bond donors (Lipinski definition) is 2. The van der Waals surface area contributed by atoms with Crippen molar-refractivity contribution in [2.45, 2.75) is 6.92 Å². The van der Waals surface area contributed by atoms with Crippen LogP contribution < -0.4 is 20.1 Å². The Bertz CT molecular complexity index is 896. The molecule has 138 valence electrons. The highest BCUT2D eigenvalue weighted by Crippen LogP contribution is 2.20. The van der Waals surface area contributed by atoms with Crippen molar-refractivity contribution in [2.75, 3.05) is 24.4 Å². The Morgan fingerprint density at radius 2 is 1.78 bits per heavy atom. The van der Waals surface area contributed by atoms with Crippen LogP contribution in [0.1, 0.15) is 17.4 Å². The number of anilines is 3. The molecule has 1 aromatic heterocycles. The molecule has 0 radical (unpaired) electrons. The van der Waals surface area contributed by atoms with E-state index in [9.17, 15) is 4.79 Å². The summed E-state index contributed by atoms with van der Waals surface area (Å²) in [5.41, 5.74) is 1.69. The molecular weight excluding hydrogens is 344 g/mol. The third-order valence-electron chi connectivity index (χ3n) is 3.66. The summed E-state index contributed by atoms with van der Waals surface area (Å²) in [4.78, 5) is 12.3. The summed E-state index contributed by atoms with van der Waals surface area (Å²) in [6, 6.07) is 17.9. The molecular formula is C20H20N4O3. The van der Waals surface area contributed by atoms with Gasteiger partial charge in [-0.05, 0) is 55.5 Å². The molecule has 0 aliphatic rings. The monoisotopic (exact) mass is 364 g/mol. The van der Waals surface area contributed by atoms with Gasteiger partial charge < -0.3 is 20.1 Å². The van der Waals surface area contributed by atoms with E-state index in [1.54, 1.807) is 43.5 Å². The van der Waals surface area contributed by atoms with Gasteiger partial charge >= 0.3 is 0 Å². The van der Waals surface area contributed by atoms with Crippen molar-refractivity contribution in [3.8, 4) is 11.5 Å². The molecule has 7 nitrogen and oxygen atoms in total. The zero-order valence-corrected chi connectivity index (χ0v) is 15.1. The van der Waals surface area contributed by atoms with Crippen LogP contribution in [0, 0.1) is 0 Å². The molecule has 0 atom stereocenters. The van der Waals surface area contributed by atoms with Gasteiger partial charge in [0.2, 0.25) is 0 Å². The molecule has 1 amide bonds. The SMILES string of the molecule is CCOc1ccc(NC(=O)c2ccc(Nc3cccc(OC)c3)nn2)cc1. The Labute approximate surface area is 157 Å². The fourth-order valence-corrected chi connectivity index (χ4v) is 2.37. The number of carbonyl (C=O) groups excluding carboxylic acids is 1. The van der Waals surface area contributed by atoms with Gasteiger partial charge in [-0.15, -0.1) is 10.2 Å². The second kappa shape index (κ2) is 8.66. The van der Waals surface area contributed by atoms with Gasteiger partial charge in [-0.25, -0.2) is 0 Å². The van der Waals surface area contributed by atoms with E-state index in [0.29, 0.717) is 18.1 Å². The highest BCUT2D eigenvalue weighted by atomic mass is 16.5. The summed E-state index contributed by atoms with van der Waals surface area (Å²) >= 11 is 0. The molecule has 2 aromatic carbocycles. The Hall–Kier alpha value is -3.61. The number of nitrogens with one attached hydrogen (secondary N) is 2. The fourth-order valence-electron chi connectivity index (χ4n) is 2.37. The molecule has 3 aromatic rings. The van der Waals surface area contributed by atoms with Crippen LogP contribution in [-0.4, -0.2) is 29.8 Å². The third kappa shape index (κ3) is 4.94. The molecule has 0 bridgehead atoms. The molecule has 27 heavy (non-hydrogen) atoms. The topological polar surface area (TPSA) is 85.4 Å². The zero-order valence-electron chi connectivity index (χ0n) is 15.1. The number of ether oxygens (including phenoxy) is 2. The lowest BCUT2D eigenvalue weighted by Gasteiger charge is -2.08. The molecule has 3 rings (SSSR count). The summed E-state index contributed by atoms with van der Waals surface area (Å²) in [5.74, 6) is 1.68. The van der Waals surface area contributed by atoms with Crippen LogP contribution in [-0.2, 0) is 0 Å². The van der Waals surface area contributed by atoms with E-state index >= 15 is 0 Å². The van der Waals surface area contributed by atoms with Crippen LogP contribution in [0.4, 0.5) is 17.2 Å². The number of methoxy groups -OCH3 is 1. The molecule has 0 aliphatic carbocycles. The van der Waals surface area contributed by atoms with Crippen molar-refractivity contribution >= 4 is 23.1 Å². The van der Waals surface area contributed by atoms with Gasteiger partial charge in [0.25, 0.3) is 5.91 Å². The largest absolute Gasteiger partial charge is 0.497 e. The van der Waals surface area contributed by atoms with E-state index < -0.39 is 0 Å². The van der Waals surface area contributed by atoms with Gasteiger partial charge in [-0.2, -0.15) is 0 Å². The summed E-state index contributed by atoms with van der Waals surface area (Å²) in [5, 5.41) is 13.9.